The van der Waals surface area contributed by atoms with Crippen molar-refractivity contribution in [2.75, 3.05) is 13.2 Å². The third kappa shape index (κ3) is 3.53. The van der Waals surface area contributed by atoms with E-state index in [1.54, 1.807) is 13.8 Å². The molecule has 0 atom stereocenters. The molecular weight excluding hydrogens is 208 g/mol. The van der Waals surface area contributed by atoms with Gasteiger partial charge in [0.05, 0.1) is 13.2 Å². The van der Waals surface area contributed by atoms with Gasteiger partial charge >= 0.3 is 11.9 Å². The molecule has 0 spiro atoms. The Hall–Kier alpha value is -1.58. The molecule has 1 aliphatic carbocycles. The van der Waals surface area contributed by atoms with Gasteiger partial charge in [0.25, 0.3) is 0 Å². The zero-order valence-corrected chi connectivity index (χ0v) is 9.62. The quantitative estimate of drug-likeness (QED) is 0.539. The third-order valence-corrected chi connectivity index (χ3v) is 2.23. The first kappa shape index (κ1) is 12.5. The van der Waals surface area contributed by atoms with Gasteiger partial charge in [-0.05, 0) is 37.8 Å². The molecular formula is C12H16O4. The van der Waals surface area contributed by atoms with E-state index in [9.17, 15) is 9.59 Å². The van der Waals surface area contributed by atoms with E-state index >= 15 is 0 Å². The Morgan fingerprint density at radius 2 is 1.38 bits per heavy atom. The van der Waals surface area contributed by atoms with E-state index in [1.165, 1.54) is 12.2 Å². The number of allylic oxidation sites excluding steroid dienone is 2. The van der Waals surface area contributed by atoms with Crippen LogP contribution in [0.2, 0.25) is 0 Å². The summed E-state index contributed by atoms with van der Waals surface area (Å²) >= 11 is 0. The Morgan fingerprint density at radius 3 is 1.62 bits per heavy atom. The molecule has 88 valence electrons. The molecule has 0 N–H and O–H groups in total. The molecule has 4 heteroatoms. The zero-order chi connectivity index (χ0) is 12.0. The smallest absolute Gasteiger partial charge is 0.331 e. The summed E-state index contributed by atoms with van der Waals surface area (Å²) in [5.41, 5.74) is 1.73. The van der Waals surface area contributed by atoms with Crippen LogP contribution < -0.4 is 0 Å². The second kappa shape index (κ2) is 6.10. The molecule has 0 heterocycles. The van der Waals surface area contributed by atoms with Gasteiger partial charge in [-0.25, -0.2) is 9.59 Å². The zero-order valence-electron chi connectivity index (χ0n) is 9.62. The average molecular weight is 224 g/mol. The highest BCUT2D eigenvalue weighted by Crippen LogP contribution is 2.32. The average Bonchev–Trinajstić information content (AvgIpc) is 2.22. The lowest BCUT2D eigenvalue weighted by Gasteiger charge is -2.21. The van der Waals surface area contributed by atoms with Gasteiger partial charge in [-0.15, -0.1) is 0 Å². The summed E-state index contributed by atoms with van der Waals surface area (Å²) in [7, 11) is 0. The van der Waals surface area contributed by atoms with E-state index < -0.39 is 0 Å². The predicted molar refractivity (Wildman–Crippen MR) is 58.7 cm³/mol. The molecule has 16 heavy (non-hydrogen) atoms. The molecule has 0 unspecified atom stereocenters. The van der Waals surface area contributed by atoms with Crippen molar-refractivity contribution < 1.29 is 19.1 Å². The molecule has 1 rings (SSSR count). The van der Waals surface area contributed by atoms with Gasteiger partial charge in [-0.2, -0.15) is 0 Å². The van der Waals surface area contributed by atoms with Crippen molar-refractivity contribution in [3.63, 3.8) is 0 Å². The van der Waals surface area contributed by atoms with Gasteiger partial charge in [0, 0.05) is 12.2 Å². The summed E-state index contributed by atoms with van der Waals surface area (Å²) in [5, 5.41) is 0. The summed E-state index contributed by atoms with van der Waals surface area (Å²) in [6.07, 6.45) is 4.50. The largest absolute Gasteiger partial charge is 0.463 e. The normalized spacial score (nSPS) is 19.4. The number of hydrogen-bond acceptors (Lipinski definition) is 4. The number of esters is 2. The Morgan fingerprint density at radius 1 is 1.00 bits per heavy atom. The first-order valence-electron chi connectivity index (χ1n) is 5.42. The third-order valence-electron chi connectivity index (χ3n) is 2.23. The van der Waals surface area contributed by atoms with Crippen molar-refractivity contribution in [1.82, 2.24) is 0 Å². The molecule has 0 saturated heterocycles. The molecule has 1 aliphatic rings. The first-order valence-corrected chi connectivity index (χ1v) is 5.42. The van der Waals surface area contributed by atoms with Gasteiger partial charge in [0.1, 0.15) is 0 Å². The van der Waals surface area contributed by atoms with Crippen LogP contribution in [0.15, 0.2) is 23.3 Å². The fraction of sp³-hybridized carbons (Fsp3) is 0.500. The second-order valence-corrected chi connectivity index (χ2v) is 3.34. The van der Waals surface area contributed by atoms with Gasteiger partial charge in [-0.3, -0.25) is 0 Å². The van der Waals surface area contributed by atoms with Crippen LogP contribution in [0.25, 0.3) is 0 Å². The maximum Gasteiger partial charge on any atom is 0.331 e. The van der Waals surface area contributed by atoms with Gasteiger partial charge < -0.3 is 9.47 Å². The molecule has 0 aromatic rings. The van der Waals surface area contributed by atoms with E-state index in [2.05, 4.69) is 0 Å². The molecule has 0 aromatic heterocycles. The van der Waals surface area contributed by atoms with Crippen LogP contribution in [-0.2, 0) is 19.1 Å². The lowest BCUT2D eigenvalue weighted by atomic mass is 9.85. The van der Waals surface area contributed by atoms with Crippen molar-refractivity contribution >= 4 is 11.9 Å². The van der Waals surface area contributed by atoms with Crippen molar-refractivity contribution in [3.8, 4) is 0 Å². The Labute approximate surface area is 94.9 Å². The van der Waals surface area contributed by atoms with E-state index in [-0.39, 0.29) is 11.9 Å². The van der Waals surface area contributed by atoms with Crippen molar-refractivity contribution in [1.29, 1.82) is 0 Å². The summed E-state index contributed by atoms with van der Waals surface area (Å²) in [5.74, 6) is -0.709. The van der Waals surface area contributed by atoms with Crippen LogP contribution in [-0.4, -0.2) is 25.2 Å². The highest BCUT2D eigenvalue weighted by atomic mass is 16.5. The van der Waals surface area contributed by atoms with E-state index in [4.69, 9.17) is 9.47 Å². The summed E-state index contributed by atoms with van der Waals surface area (Å²) in [6.45, 7) is 4.23. The van der Waals surface area contributed by atoms with Gasteiger partial charge in [0.15, 0.2) is 0 Å². The number of rotatable bonds is 4. The Bertz CT molecular complexity index is 305. The fourth-order valence-electron chi connectivity index (χ4n) is 1.40. The number of hydrogen-bond donors (Lipinski definition) is 0. The van der Waals surface area contributed by atoms with Crippen LogP contribution in [0.5, 0.6) is 0 Å². The van der Waals surface area contributed by atoms with Crippen LogP contribution in [0.4, 0.5) is 0 Å². The van der Waals surface area contributed by atoms with Crippen LogP contribution in [0.3, 0.4) is 0 Å². The van der Waals surface area contributed by atoms with Gasteiger partial charge in [-0.1, -0.05) is 0 Å². The molecule has 0 radical (unpaired) electrons. The number of carbonyl (C=O) groups is 2. The molecule has 1 fully saturated rings. The Kier molecular flexibility index (Phi) is 4.76. The molecule has 0 aromatic carbocycles. The molecule has 0 amide bonds. The number of ether oxygens (including phenoxy) is 2. The Balaban J connectivity index is 2.58. The topological polar surface area (TPSA) is 52.6 Å². The lowest BCUT2D eigenvalue weighted by molar-refractivity contribution is -0.138. The van der Waals surface area contributed by atoms with Crippen molar-refractivity contribution in [3.05, 3.63) is 23.3 Å². The highest BCUT2D eigenvalue weighted by molar-refractivity contribution is 5.87. The summed E-state index contributed by atoms with van der Waals surface area (Å²) < 4.78 is 9.58. The van der Waals surface area contributed by atoms with Gasteiger partial charge in [0.2, 0.25) is 0 Å². The molecule has 0 aliphatic heterocycles. The molecule has 0 bridgehead atoms. The predicted octanol–water partition coefficient (Wildman–Crippen LogP) is 1.76. The van der Waals surface area contributed by atoms with Crippen LogP contribution in [0.1, 0.15) is 26.7 Å². The van der Waals surface area contributed by atoms with E-state index in [0.717, 1.165) is 24.0 Å². The maximum absolute atomic E-state index is 11.2. The molecule has 1 saturated carbocycles. The summed E-state index contributed by atoms with van der Waals surface area (Å²) in [4.78, 5) is 22.3. The van der Waals surface area contributed by atoms with Crippen LogP contribution >= 0.6 is 0 Å². The minimum atomic E-state index is -0.355. The lowest BCUT2D eigenvalue weighted by Crippen LogP contribution is -2.11. The minimum absolute atomic E-state index is 0.355. The van der Waals surface area contributed by atoms with Crippen molar-refractivity contribution in [2.45, 2.75) is 26.7 Å². The number of carbonyl (C=O) groups excluding carboxylic acids is 2. The SMILES string of the molecule is CCOC(=O)/C=C1/CC/C1=C\C(=O)OCC. The van der Waals surface area contributed by atoms with Crippen molar-refractivity contribution in [2.24, 2.45) is 0 Å². The highest BCUT2D eigenvalue weighted by Gasteiger charge is 2.19. The molecule has 4 nitrogen and oxygen atoms in total. The summed E-state index contributed by atoms with van der Waals surface area (Å²) in [6, 6.07) is 0. The first-order chi connectivity index (χ1) is 7.67. The van der Waals surface area contributed by atoms with Crippen LogP contribution in [0, 0.1) is 0 Å². The van der Waals surface area contributed by atoms with E-state index in [0.29, 0.717) is 13.2 Å². The second-order valence-electron chi connectivity index (χ2n) is 3.34. The fourth-order valence-corrected chi connectivity index (χ4v) is 1.40. The maximum atomic E-state index is 11.2. The minimum Gasteiger partial charge on any atom is -0.463 e. The monoisotopic (exact) mass is 224 g/mol. The standard InChI is InChI=1S/C12H16O4/c1-3-15-11(13)7-9-5-6-10(9)8-12(14)16-4-2/h7-8H,3-6H2,1-2H3/b9-7-,10-8+. The van der Waals surface area contributed by atoms with E-state index in [1.807, 2.05) is 0 Å².